The largest absolute Gasteiger partial charge is 0.350 e. The van der Waals surface area contributed by atoms with Gasteiger partial charge in [0.25, 0.3) is 0 Å². The van der Waals surface area contributed by atoms with Gasteiger partial charge in [0.05, 0.1) is 0 Å². The van der Waals surface area contributed by atoms with Crippen LogP contribution in [0.15, 0.2) is 73.3 Å². The number of amides is 1. The lowest BCUT2D eigenvalue weighted by Crippen LogP contribution is -2.37. The Balaban J connectivity index is 1.72. The molecule has 0 aliphatic rings. The molecule has 0 spiro atoms. The van der Waals surface area contributed by atoms with E-state index in [0.717, 1.165) is 23.1 Å². The highest BCUT2D eigenvalue weighted by molar-refractivity contribution is 5.83. The number of carbonyl (C=O) groups excluding carboxylic acids is 1. The Morgan fingerprint density at radius 1 is 0.889 bits per heavy atom. The third kappa shape index (κ3) is 5.46. The molecule has 1 atom stereocenters. The molecular formula is C22H24N4O. The van der Waals surface area contributed by atoms with Gasteiger partial charge in [-0.15, -0.1) is 0 Å². The van der Waals surface area contributed by atoms with Crippen molar-refractivity contribution in [1.82, 2.24) is 20.6 Å². The van der Waals surface area contributed by atoms with Crippen LogP contribution in [0.3, 0.4) is 0 Å². The van der Waals surface area contributed by atoms with E-state index in [1.54, 1.807) is 24.8 Å². The maximum atomic E-state index is 12.9. The highest BCUT2D eigenvalue weighted by atomic mass is 16.2. The third-order valence-corrected chi connectivity index (χ3v) is 4.41. The van der Waals surface area contributed by atoms with E-state index >= 15 is 0 Å². The predicted octanol–water partition coefficient (Wildman–Crippen LogP) is 3.19. The molecule has 3 aromatic rings. The number of nitrogens with one attached hydrogen (secondary N) is 2. The van der Waals surface area contributed by atoms with Gasteiger partial charge in [0, 0.05) is 37.9 Å². The SMILES string of the molecule is CCc1ccc(C(NCc2cccnc2)C(=O)NCc2cccnc2)cc1. The molecule has 1 amide bonds. The predicted molar refractivity (Wildman–Crippen MR) is 106 cm³/mol. The van der Waals surface area contributed by atoms with Crippen LogP contribution in [0.2, 0.25) is 0 Å². The second-order valence-corrected chi connectivity index (χ2v) is 6.35. The normalized spacial score (nSPS) is 11.7. The van der Waals surface area contributed by atoms with Crippen LogP contribution in [0, 0.1) is 0 Å². The number of hydrogen-bond acceptors (Lipinski definition) is 4. The van der Waals surface area contributed by atoms with Gasteiger partial charge in [-0.25, -0.2) is 0 Å². The Labute approximate surface area is 159 Å². The van der Waals surface area contributed by atoms with Gasteiger partial charge in [0.2, 0.25) is 5.91 Å². The summed E-state index contributed by atoms with van der Waals surface area (Å²) in [7, 11) is 0. The average molecular weight is 360 g/mol. The van der Waals surface area contributed by atoms with E-state index in [9.17, 15) is 4.79 Å². The van der Waals surface area contributed by atoms with Crippen LogP contribution in [0.25, 0.3) is 0 Å². The van der Waals surface area contributed by atoms with Crippen LogP contribution in [0.4, 0.5) is 0 Å². The highest BCUT2D eigenvalue weighted by Crippen LogP contribution is 2.16. The summed E-state index contributed by atoms with van der Waals surface area (Å²) in [6.45, 7) is 3.13. The Kier molecular flexibility index (Phi) is 6.66. The fourth-order valence-electron chi connectivity index (χ4n) is 2.82. The van der Waals surface area contributed by atoms with Crippen molar-refractivity contribution in [3.05, 3.63) is 95.6 Å². The first-order valence-electron chi connectivity index (χ1n) is 9.14. The maximum Gasteiger partial charge on any atom is 0.242 e. The first kappa shape index (κ1) is 18.7. The summed E-state index contributed by atoms with van der Waals surface area (Å²) in [6, 6.07) is 15.4. The van der Waals surface area contributed by atoms with Crippen molar-refractivity contribution >= 4 is 5.91 Å². The third-order valence-electron chi connectivity index (χ3n) is 4.41. The topological polar surface area (TPSA) is 66.9 Å². The van der Waals surface area contributed by atoms with E-state index in [-0.39, 0.29) is 5.91 Å². The number of rotatable bonds is 8. The van der Waals surface area contributed by atoms with Gasteiger partial charge in [0.15, 0.2) is 0 Å². The highest BCUT2D eigenvalue weighted by Gasteiger charge is 2.20. The van der Waals surface area contributed by atoms with E-state index in [4.69, 9.17) is 0 Å². The summed E-state index contributed by atoms with van der Waals surface area (Å²) in [6.07, 6.45) is 8.00. The van der Waals surface area contributed by atoms with Crippen LogP contribution in [0.5, 0.6) is 0 Å². The zero-order valence-electron chi connectivity index (χ0n) is 15.4. The van der Waals surface area contributed by atoms with Gasteiger partial charge >= 0.3 is 0 Å². The Hall–Kier alpha value is -3.05. The molecule has 1 aromatic carbocycles. The number of hydrogen-bond donors (Lipinski definition) is 2. The lowest BCUT2D eigenvalue weighted by Gasteiger charge is -2.19. The molecule has 2 N–H and O–H groups in total. The molecule has 0 fully saturated rings. The van der Waals surface area contributed by atoms with Crippen LogP contribution >= 0.6 is 0 Å². The van der Waals surface area contributed by atoms with Crippen molar-refractivity contribution in [3.63, 3.8) is 0 Å². The molecular weight excluding hydrogens is 336 g/mol. The van der Waals surface area contributed by atoms with Crippen LogP contribution in [-0.4, -0.2) is 15.9 Å². The average Bonchev–Trinajstić information content (AvgIpc) is 2.74. The van der Waals surface area contributed by atoms with Gasteiger partial charge in [-0.1, -0.05) is 43.3 Å². The molecule has 0 aliphatic carbocycles. The molecule has 0 bridgehead atoms. The number of nitrogens with zero attached hydrogens (tertiary/aromatic N) is 2. The summed E-state index contributed by atoms with van der Waals surface area (Å²) in [5, 5.41) is 6.36. The van der Waals surface area contributed by atoms with E-state index < -0.39 is 6.04 Å². The number of aromatic nitrogens is 2. The lowest BCUT2D eigenvalue weighted by atomic mass is 10.0. The summed E-state index contributed by atoms with van der Waals surface area (Å²) in [5.74, 6) is -0.0630. The van der Waals surface area contributed by atoms with Crippen LogP contribution in [0.1, 0.15) is 35.2 Å². The molecule has 5 nitrogen and oxygen atoms in total. The Morgan fingerprint density at radius 3 is 2.07 bits per heavy atom. The molecule has 1 unspecified atom stereocenters. The smallest absolute Gasteiger partial charge is 0.242 e. The van der Waals surface area contributed by atoms with Crippen molar-refractivity contribution in [3.8, 4) is 0 Å². The second kappa shape index (κ2) is 9.59. The van der Waals surface area contributed by atoms with E-state index in [0.29, 0.717) is 13.1 Å². The fourth-order valence-corrected chi connectivity index (χ4v) is 2.82. The zero-order valence-corrected chi connectivity index (χ0v) is 15.4. The summed E-state index contributed by atoms with van der Waals surface area (Å²) in [4.78, 5) is 21.1. The monoisotopic (exact) mass is 360 g/mol. The fraction of sp³-hybridized carbons (Fsp3) is 0.227. The van der Waals surface area contributed by atoms with Crippen molar-refractivity contribution in [2.45, 2.75) is 32.5 Å². The molecule has 5 heteroatoms. The van der Waals surface area contributed by atoms with Gasteiger partial charge in [0.1, 0.15) is 6.04 Å². The molecule has 138 valence electrons. The Bertz CT molecular complexity index is 835. The molecule has 0 saturated heterocycles. The van der Waals surface area contributed by atoms with Crippen LogP contribution < -0.4 is 10.6 Å². The van der Waals surface area contributed by atoms with Gasteiger partial charge < -0.3 is 5.32 Å². The van der Waals surface area contributed by atoms with Crippen molar-refractivity contribution < 1.29 is 4.79 Å². The molecule has 0 saturated carbocycles. The molecule has 0 aliphatic heterocycles. The van der Waals surface area contributed by atoms with E-state index in [2.05, 4.69) is 39.7 Å². The number of benzene rings is 1. The van der Waals surface area contributed by atoms with Crippen molar-refractivity contribution in [2.24, 2.45) is 0 Å². The number of aryl methyl sites for hydroxylation is 1. The molecule has 2 heterocycles. The minimum atomic E-state index is -0.437. The number of carbonyl (C=O) groups is 1. The molecule has 2 aromatic heterocycles. The van der Waals surface area contributed by atoms with Gasteiger partial charge in [-0.3, -0.25) is 20.1 Å². The van der Waals surface area contributed by atoms with E-state index in [1.807, 2.05) is 36.4 Å². The molecule has 3 rings (SSSR count). The zero-order chi connectivity index (χ0) is 18.9. The maximum absolute atomic E-state index is 12.9. The van der Waals surface area contributed by atoms with Crippen molar-refractivity contribution in [2.75, 3.05) is 0 Å². The van der Waals surface area contributed by atoms with Crippen molar-refractivity contribution in [1.29, 1.82) is 0 Å². The lowest BCUT2D eigenvalue weighted by molar-refractivity contribution is -0.123. The van der Waals surface area contributed by atoms with Gasteiger partial charge in [-0.05, 0) is 40.8 Å². The standard InChI is InChI=1S/C22H24N4O/c1-2-17-7-9-20(10-8-17)21(25-15-18-5-3-11-23-13-18)22(27)26-16-19-6-4-12-24-14-19/h3-14,21,25H,2,15-16H2,1H3,(H,26,27). The summed E-state index contributed by atoms with van der Waals surface area (Å²) >= 11 is 0. The number of pyridine rings is 2. The van der Waals surface area contributed by atoms with Crippen LogP contribution in [-0.2, 0) is 24.3 Å². The molecule has 0 radical (unpaired) electrons. The summed E-state index contributed by atoms with van der Waals surface area (Å²) < 4.78 is 0. The molecule has 27 heavy (non-hydrogen) atoms. The first-order valence-corrected chi connectivity index (χ1v) is 9.14. The Morgan fingerprint density at radius 2 is 1.52 bits per heavy atom. The first-order chi connectivity index (χ1) is 13.3. The van der Waals surface area contributed by atoms with Gasteiger partial charge in [-0.2, -0.15) is 0 Å². The quantitative estimate of drug-likeness (QED) is 0.647. The minimum absolute atomic E-state index is 0.0630. The minimum Gasteiger partial charge on any atom is -0.350 e. The van der Waals surface area contributed by atoms with E-state index in [1.165, 1.54) is 5.56 Å². The summed E-state index contributed by atoms with van der Waals surface area (Å²) in [5.41, 5.74) is 4.20. The second-order valence-electron chi connectivity index (χ2n) is 6.35.